The normalized spacial score (nSPS) is 11.9. The number of hydrogen-bond donors (Lipinski definition) is 1. The van der Waals surface area contributed by atoms with Gasteiger partial charge in [-0.15, -0.1) is 0 Å². The van der Waals surface area contributed by atoms with Gasteiger partial charge in [0, 0.05) is 0 Å². The Labute approximate surface area is 113 Å². The lowest BCUT2D eigenvalue weighted by Crippen LogP contribution is -2.17. The molecule has 1 aromatic rings. The van der Waals surface area contributed by atoms with E-state index in [2.05, 4.69) is 6.92 Å². The average Bonchev–Trinajstić information content (AvgIpc) is 2.39. The largest absolute Gasteiger partial charge is 0.478 e. The number of benzene rings is 1. The molecular weight excluding hydrogens is 244 g/mol. The lowest BCUT2D eigenvalue weighted by molar-refractivity contribution is 0.0314. The van der Waals surface area contributed by atoms with Gasteiger partial charge in [-0.25, -0.2) is 9.59 Å². The monoisotopic (exact) mass is 264 g/mol. The summed E-state index contributed by atoms with van der Waals surface area (Å²) >= 11 is 0. The van der Waals surface area contributed by atoms with E-state index in [9.17, 15) is 9.59 Å². The van der Waals surface area contributed by atoms with E-state index in [1.54, 1.807) is 12.1 Å². The molecule has 0 aliphatic heterocycles. The predicted octanol–water partition coefficient (Wildman–Crippen LogP) is 3.51. The van der Waals surface area contributed by atoms with E-state index in [-0.39, 0.29) is 17.2 Å². The molecule has 0 aliphatic rings. The number of ether oxygens (including phenoxy) is 1. The van der Waals surface area contributed by atoms with Crippen molar-refractivity contribution in [2.75, 3.05) is 0 Å². The summed E-state index contributed by atoms with van der Waals surface area (Å²) in [6, 6.07) is 6.10. The molecule has 4 heteroatoms. The molecule has 19 heavy (non-hydrogen) atoms. The minimum Gasteiger partial charge on any atom is -0.478 e. The third-order valence-electron chi connectivity index (χ3n) is 2.90. The molecule has 1 aromatic carbocycles. The molecule has 0 bridgehead atoms. The van der Waals surface area contributed by atoms with Crippen LogP contribution in [-0.2, 0) is 4.74 Å². The topological polar surface area (TPSA) is 63.6 Å². The second-order valence-corrected chi connectivity index (χ2v) is 4.56. The second-order valence-electron chi connectivity index (χ2n) is 4.56. The average molecular weight is 264 g/mol. The van der Waals surface area contributed by atoms with Gasteiger partial charge in [0.05, 0.1) is 17.2 Å². The maximum Gasteiger partial charge on any atom is 0.339 e. The number of carbonyl (C=O) groups is 2. The van der Waals surface area contributed by atoms with Crippen molar-refractivity contribution in [2.45, 2.75) is 45.6 Å². The van der Waals surface area contributed by atoms with Gasteiger partial charge in [0.2, 0.25) is 0 Å². The van der Waals surface area contributed by atoms with E-state index in [0.717, 1.165) is 25.7 Å². The van der Waals surface area contributed by atoms with E-state index < -0.39 is 11.9 Å². The fraction of sp³-hybridized carbons (Fsp3) is 0.467. The third kappa shape index (κ3) is 4.73. The Morgan fingerprint density at radius 3 is 2.42 bits per heavy atom. The number of carbonyl (C=O) groups excluding carboxylic acids is 1. The highest BCUT2D eigenvalue weighted by Crippen LogP contribution is 2.13. The van der Waals surface area contributed by atoms with Crippen LogP contribution in [-0.4, -0.2) is 23.1 Å². The second kappa shape index (κ2) is 7.56. The minimum absolute atomic E-state index is 0.0201. The molecule has 1 atom stereocenters. The molecular formula is C15H20O4. The van der Waals surface area contributed by atoms with Crippen LogP contribution in [0.15, 0.2) is 24.3 Å². The smallest absolute Gasteiger partial charge is 0.339 e. The van der Waals surface area contributed by atoms with Crippen molar-refractivity contribution in [1.82, 2.24) is 0 Å². The minimum atomic E-state index is -1.12. The highest BCUT2D eigenvalue weighted by atomic mass is 16.5. The van der Waals surface area contributed by atoms with Crippen LogP contribution in [0.3, 0.4) is 0 Å². The molecule has 0 aliphatic carbocycles. The van der Waals surface area contributed by atoms with Gasteiger partial charge in [0.1, 0.15) is 0 Å². The first kappa shape index (κ1) is 15.2. The van der Waals surface area contributed by atoms with Crippen molar-refractivity contribution in [3.05, 3.63) is 35.4 Å². The predicted molar refractivity (Wildman–Crippen MR) is 72.4 cm³/mol. The molecule has 0 radical (unpaired) electrons. The fourth-order valence-electron chi connectivity index (χ4n) is 1.83. The van der Waals surface area contributed by atoms with Crippen LogP contribution in [0.4, 0.5) is 0 Å². The van der Waals surface area contributed by atoms with Crippen LogP contribution < -0.4 is 0 Å². The number of hydrogen-bond acceptors (Lipinski definition) is 3. The Balaban J connectivity index is 2.65. The zero-order valence-corrected chi connectivity index (χ0v) is 11.4. The molecule has 1 unspecified atom stereocenters. The fourth-order valence-corrected chi connectivity index (χ4v) is 1.83. The van der Waals surface area contributed by atoms with Crippen LogP contribution in [0, 0.1) is 0 Å². The van der Waals surface area contributed by atoms with Gasteiger partial charge >= 0.3 is 11.9 Å². The lowest BCUT2D eigenvalue weighted by atomic mass is 10.1. The first-order valence-electron chi connectivity index (χ1n) is 6.59. The molecule has 0 heterocycles. The molecule has 0 saturated carbocycles. The van der Waals surface area contributed by atoms with Gasteiger partial charge < -0.3 is 9.84 Å². The summed E-state index contributed by atoms with van der Waals surface area (Å²) < 4.78 is 5.27. The Kier molecular flexibility index (Phi) is 6.06. The number of unbranched alkanes of at least 4 members (excludes halogenated alkanes) is 2. The quantitative estimate of drug-likeness (QED) is 0.604. The van der Waals surface area contributed by atoms with E-state index >= 15 is 0 Å². The maximum atomic E-state index is 11.9. The Bertz CT molecular complexity index is 440. The first-order chi connectivity index (χ1) is 9.06. The number of esters is 1. The van der Waals surface area contributed by atoms with E-state index in [4.69, 9.17) is 9.84 Å². The zero-order chi connectivity index (χ0) is 14.3. The molecule has 0 aromatic heterocycles. The Morgan fingerprint density at radius 2 is 1.84 bits per heavy atom. The van der Waals surface area contributed by atoms with Gasteiger partial charge in [-0.3, -0.25) is 0 Å². The molecule has 104 valence electrons. The van der Waals surface area contributed by atoms with Crippen LogP contribution in [0.25, 0.3) is 0 Å². The zero-order valence-electron chi connectivity index (χ0n) is 11.4. The van der Waals surface area contributed by atoms with Crippen LogP contribution >= 0.6 is 0 Å². The van der Waals surface area contributed by atoms with Crippen molar-refractivity contribution in [3.8, 4) is 0 Å². The highest BCUT2D eigenvalue weighted by molar-refractivity contribution is 6.02. The summed E-state index contributed by atoms with van der Waals surface area (Å²) in [4.78, 5) is 22.9. The summed E-state index contributed by atoms with van der Waals surface area (Å²) in [7, 11) is 0. The van der Waals surface area contributed by atoms with Crippen LogP contribution in [0.5, 0.6) is 0 Å². The van der Waals surface area contributed by atoms with Crippen molar-refractivity contribution >= 4 is 11.9 Å². The van der Waals surface area contributed by atoms with Crippen LogP contribution in [0.1, 0.15) is 60.2 Å². The molecule has 0 amide bonds. The summed E-state index contributed by atoms with van der Waals surface area (Å²) in [6.07, 6.45) is 3.83. The number of rotatable bonds is 7. The Hall–Kier alpha value is -1.84. The number of aromatic carboxylic acids is 1. The van der Waals surface area contributed by atoms with Crippen LogP contribution in [0.2, 0.25) is 0 Å². The first-order valence-corrected chi connectivity index (χ1v) is 6.59. The van der Waals surface area contributed by atoms with E-state index in [1.165, 1.54) is 12.1 Å². The van der Waals surface area contributed by atoms with Crippen molar-refractivity contribution in [2.24, 2.45) is 0 Å². The maximum absolute atomic E-state index is 11.9. The molecule has 4 nitrogen and oxygen atoms in total. The van der Waals surface area contributed by atoms with E-state index in [0.29, 0.717) is 0 Å². The molecule has 0 fully saturated rings. The number of carboxylic acid groups (broad SMARTS) is 1. The number of carboxylic acids is 1. The molecule has 0 saturated heterocycles. The lowest BCUT2D eigenvalue weighted by Gasteiger charge is -2.13. The van der Waals surface area contributed by atoms with Gasteiger partial charge in [0.25, 0.3) is 0 Å². The standard InChI is InChI=1S/C15H20O4/c1-3-4-5-8-11(2)19-15(18)13-10-7-6-9-12(13)14(16)17/h6-7,9-11H,3-5,8H2,1-2H3,(H,16,17). The van der Waals surface area contributed by atoms with Gasteiger partial charge in [-0.2, -0.15) is 0 Å². The van der Waals surface area contributed by atoms with Gasteiger partial charge in [-0.1, -0.05) is 31.9 Å². The third-order valence-corrected chi connectivity index (χ3v) is 2.90. The van der Waals surface area contributed by atoms with E-state index in [1.807, 2.05) is 6.92 Å². The van der Waals surface area contributed by atoms with Gasteiger partial charge in [-0.05, 0) is 31.9 Å². The summed E-state index contributed by atoms with van der Waals surface area (Å²) in [6.45, 7) is 3.94. The molecule has 0 spiro atoms. The van der Waals surface area contributed by atoms with Crippen molar-refractivity contribution in [3.63, 3.8) is 0 Å². The molecule has 1 N–H and O–H groups in total. The SMILES string of the molecule is CCCCCC(C)OC(=O)c1ccccc1C(=O)O. The van der Waals surface area contributed by atoms with Crippen molar-refractivity contribution < 1.29 is 19.4 Å². The summed E-state index contributed by atoms with van der Waals surface area (Å²) in [5.74, 6) is -1.69. The highest BCUT2D eigenvalue weighted by Gasteiger charge is 2.18. The summed E-state index contributed by atoms with van der Waals surface area (Å²) in [5, 5.41) is 9.01. The van der Waals surface area contributed by atoms with Crippen molar-refractivity contribution in [1.29, 1.82) is 0 Å². The Morgan fingerprint density at radius 1 is 1.21 bits per heavy atom. The van der Waals surface area contributed by atoms with Gasteiger partial charge in [0.15, 0.2) is 0 Å². The summed E-state index contributed by atoms with van der Waals surface area (Å²) in [5.41, 5.74) is 0.0885. The molecule has 1 rings (SSSR count).